The molecule has 1 unspecified atom stereocenters. The molecule has 0 spiro atoms. The summed E-state index contributed by atoms with van der Waals surface area (Å²) in [4.78, 5) is 16.2. The quantitative estimate of drug-likeness (QED) is 0.866. The molecule has 2 aliphatic heterocycles. The van der Waals surface area contributed by atoms with Crippen molar-refractivity contribution >= 4 is 11.7 Å². The standard InChI is InChI=1S/C17H31N3O/c1-13(2)7-9-20-8-5-6-14(12-20)17(3)10-15(18)19(4)16(21)11-17/h13-14,18H,5-12H2,1-4H3/t14?,17-/m0/s1. The Hall–Kier alpha value is -0.900. The van der Waals surface area contributed by atoms with Crippen molar-refractivity contribution in [2.75, 3.05) is 26.7 Å². The summed E-state index contributed by atoms with van der Waals surface area (Å²) in [6.07, 6.45) is 5.04. The van der Waals surface area contributed by atoms with Gasteiger partial charge in [0.2, 0.25) is 5.91 Å². The molecule has 21 heavy (non-hydrogen) atoms. The molecule has 2 atom stereocenters. The van der Waals surface area contributed by atoms with Crippen molar-refractivity contribution in [3.63, 3.8) is 0 Å². The van der Waals surface area contributed by atoms with Crippen molar-refractivity contribution in [2.24, 2.45) is 17.3 Å². The molecule has 0 bridgehead atoms. The third-order valence-corrected chi connectivity index (χ3v) is 5.42. The van der Waals surface area contributed by atoms with E-state index in [0.29, 0.717) is 18.2 Å². The molecule has 0 aromatic carbocycles. The Morgan fingerprint density at radius 2 is 2.10 bits per heavy atom. The van der Waals surface area contributed by atoms with Gasteiger partial charge in [-0.1, -0.05) is 20.8 Å². The van der Waals surface area contributed by atoms with Crippen LogP contribution in [0.15, 0.2) is 0 Å². The molecular formula is C17H31N3O. The van der Waals surface area contributed by atoms with Gasteiger partial charge in [0.15, 0.2) is 0 Å². The predicted octanol–water partition coefficient (Wildman–Crippen LogP) is 2.98. The van der Waals surface area contributed by atoms with Crippen molar-refractivity contribution in [1.82, 2.24) is 9.80 Å². The maximum Gasteiger partial charge on any atom is 0.228 e. The Balaban J connectivity index is 1.99. The van der Waals surface area contributed by atoms with Gasteiger partial charge in [-0.2, -0.15) is 0 Å². The molecule has 0 aromatic heterocycles. The first-order valence-electron chi connectivity index (χ1n) is 8.38. The average Bonchev–Trinajstić information content (AvgIpc) is 2.43. The summed E-state index contributed by atoms with van der Waals surface area (Å²) in [6, 6.07) is 0. The Labute approximate surface area is 129 Å². The van der Waals surface area contributed by atoms with Crippen LogP contribution in [0.4, 0.5) is 0 Å². The smallest absolute Gasteiger partial charge is 0.228 e. The van der Waals surface area contributed by atoms with Gasteiger partial charge in [0.05, 0.1) is 0 Å². The first-order valence-corrected chi connectivity index (χ1v) is 8.38. The number of piperidine rings is 2. The van der Waals surface area contributed by atoms with Crippen molar-refractivity contribution in [3.8, 4) is 0 Å². The van der Waals surface area contributed by atoms with Gasteiger partial charge in [0, 0.05) is 26.4 Å². The Morgan fingerprint density at radius 3 is 2.71 bits per heavy atom. The van der Waals surface area contributed by atoms with E-state index in [2.05, 4.69) is 25.7 Å². The van der Waals surface area contributed by atoms with Crippen molar-refractivity contribution < 1.29 is 4.79 Å². The summed E-state index contributed by atoms with van der Waals surface area (Å²) in [5.41, 5.74) is -0.0167. The van der Waals surface area contributed by atoms with Crippen LogP contribution >= 0.6 is 0 Å². The first kappa shape index (κ1) is 16.5. The first-order chi connectivity index (χ1) is 9.82. The molecule has 4 heteroatoms. The van der Waals surface area contributed by atoms with E-state index in [1.165, 1.54) is 37.3 Å². The van der Waals surface area contributed by atoms with Gasteiger partial charge in [-0.3, -0.25) is 10.2 Å². The van der Waals surface area contributed by atoms with Gasteiger partial charge in [-0.05, 0) is 49.6 Å². The lowest BCUT2D eigenvalue weighted by Gasteiger charge is -2.47. The molecule has 2 saturated heterocycles. The molecule has 0 radical (unpaired) electrons. The average molecular weight is 293 g/mol. The Morgan fingerprint density at radius 1 is 1.38 bits per heavy atom. The van der Waals surface area contributed by atoms with E-state index in [1.807, 2.05) is 0 Å². The molecule has 2 heterocycles. The SMILES string of the molecule is CC(C)CCN1CCCC([C@@]2(C)CC(=N)N(C)C(=O)C2)C1. The number of rotatable bonds is 4. The summed E-state index contributed by atoms with van der Waals surface area (Å²) in [5, 5.41) is 8.08. The van der Waals surface area contributed by atoms with Gasteiger partial charge < -0.3 is 9.80 Å². The second-order valence-corrected chi connectivity index (χ2v) is 7.73. The van der Waals surface area contributed by atoms with Crippen LogP contribution in [0.5, 0.6) is 0 Å². The summed E-state index contributed by atoms with van der Waals surface area (Å²) in [6.45, 7) is 10.3. The molecule has 1 amide bonds. The summed E-state index contributed by atoms with van der Waals surface area (Å²) >= 11 is 0. The molecule has 2 aliphatic rings. The zero-order chi connectivity index (χ0) is 15.6. The van der Waals surface area contributed by atoms with Crippen molar-refractivity contribution in [1.29, 1.82) is 5.41 Å². The van der Waals surface area contributed by atoms with Gasteiger partial charge in [0.25, 0.3) is 0 Å². The molecular weight excluding hydrogens is 262 g/mol. The number of amidine groups is 1. The summed E-state index contributed by atoms with van der Waals surface area (Å²) in [5.74, 6) is 1.91. The number of carbonyl (C=O) groups excluding carboxylic acids is 1. The third kappa shape index (κ3) is 3.85. The lowest BCUT2D eigenvalue weighted by Crippen LogP contribution is -2.51. The Kier molecular flexibility index (Phi) is 5.07. The third-order valence-electron chi connectivity index (χ3n) is 5.42. The molecule has 1 N–H and O–H groups in total. The second-order valence-electron chi connectivity index (χ2n) is 7.73. The van der Waals surface area contributed by atoms with E-state index >= 15 is 0 Å². The van der Waals surface area contributed by atoms with E-state index in [4.69, 9.17) is 5.41 Å². The fourth-order valence-corrected chi connectivity index (χ4v) is 3.74. The number of nitrogens with one attached hydrogen (secondary N) is 1. The minimum absolute atomic E-state index is 0.0167. The highest BCUT2D eigenvalue weighted by molar-refractivity contribution is 5.99. The number of likely N-dealkylation sites (tertiary alicyclic amines) is 2. The maximum absolute atomic E-state index is 12.1. The van der Waals surface area contributed by atoms with Gasteiger partial charge >= 0.3 is 0 Å². The topological polar surface area (TPSA) is 47.4 Å². The number of amides is 1. The molecule has 0 saturated carbocycles. The summed E-state index contributed by atoms with van der Waals surface area (Å²) < 4.78 is 0. The van der Waals surface area contributed by atoms with Crippen LogP contribution in [-0.2, 0) is 4.79 Å². The zero-order valence-electron chi connectivity index (χ0n) is 14.1. The lowest BCUT2D eigenvalue weighted by molar-refractivity contribution is -0.132. The molecule has 120 valence electrons. The molecule has 0 aliphatic carbocycles. The van der Waals surface area contributed by atoms with Crippen LogP contribution in [0, 0.1) is 22.7 Å². The highest BCUT2D eigenvalue weighted by Crippen LogP contribution is 2.43. The number of carbonyl (C=O) groups is 1. The van der Waals surface area contributed by atoms with Gasteiger partial charge in [0.1, 0.15) is 5.84 Å². The van der Waals surface area contributed by atoms with E-state index in [-0.39, 0.29) is 11.3 Å². The number of nitrogens with zero attached hydrogens (tertiary/aromatic N) is 2. The van der Waals surface area contributed by atoms with Gasteiger partial charge in [-0.15, -0.1) is 0 Å². The van der Waals surface area contributed by atoms with Crippen LogP contribution in [0.1, 0.15) is 52.9 Å². The van der Waals surface area contributed by atoms with E-state index < -0.39 is 0 Å². The van der Waals surface area contributed by atoms with Crippen LogP contribution in [0.2, 0.25) is 0 Å². The minimum atomic E-state index is -0.0167. The van der Waals surface area contributed by atoms with E-state index in [9.17, 15) is 4.79 Å². The van der Waals surface area contributed by atoms with Gasteiger partial charge in [-0.25, -0.2) is 0 Å². The van der Waals surface area contributed by atoms with E-state index in [1.54, 1.807) is 7.05 Å². The van der Waals surface area contributed by atoms with Crippen LogP contribution in [-0.4, -0.2) is 48.2 Å². The maximum atomic E-state index is 12.1. The van der Waals surface area contributed by atoms with Crippen LogP contribution in [0.25, 0.3) is 0 Å². The highest BCUT2D eigenvalue weighted by Gasteiger charge is 2.43. The lowest BCUT2D eigenvalue weighted by atomic mass is 9.67. The molecule has 2 fully saturated rings. The molecule has 0 aromatic rings. The van der Waals surface area contributed by atoms with Crippen LogP contribution < -0.4 is 0 Å². The largest absolute Gasteiger partial charge is 0.304 e. The van der Waals surface area contributed by atoms with Crippen molar-refractivity contribution in [2.45, 2.75) is 52.9 Å². The van der Waals surface area contributed by atoms with Crippen molar-refractivity contribution in [3.05, 3.63) is 0 Å². The summed E-state index contributed by atoms with van der Waals surface area (Å²) in [7, 11) is 1.74. The molecule has 2 rings (SSSR count). The minimum Gasteiger partial charge on any atom is -0.304 e. The normalized spacial score (nSPS) is 32.0. The molecule has 4 nitrogen and oxygen atoms in total. The van der Waals surface area contributed by atoms with E-state index in [0.717, 1.165) is 18.9 Å². The Bertz CT molecular complexity index is 387. The second kappa shape index (κ2) is 6.47. The van der Waals surface area contributed by atoms with Crippen LogP contribution in [0.3, 0.4) is 0 Å². The zero-order valence-corrected chi connectivity index (χ0v) is 14.1. The number of hydrogen-bond acceptors (Lipinski definition) is 3. The fourth-order valence-electron chi connectivity index (χ4n) is 3.74. The monoisotopic (exact) mass is 293 g/mol. The predicted molar refractivity (Wildman–Crippen MR) is 86.5 cm³/mol. The number of hydrogen-bond donors (Lipinski definition) is 1. The highest BCUT2D eigenvalue weighted by atomic mass is 16.2. The fraction of sp³-hybridized carbons (Fsp3) is 0.882.